The molecular weight excluding hydrogens is 368 g/mol. The molecule has 4 nitrogen and oxygen atoms in total. The van der Waals surface area contributed by atoms with E-state index in [-0.39, 0.29) is 23.4 Å². The lowest BCUT2D eigenvalue weighted by molar-refractivity contribution is -0.0917. The Labute approximate surface area is 168 Å². The summed E-state index contributed by atoms with van der Waals surface area (Å²) in [6.45, 7) is 7.38. The summed E-state index contributed by atoms with van der Waals surface area (Å²) in [5.74, 6) is 0. The number of aliphatic hydroxyl groups excluding tert-OH is 1. The zero-order valence-electron chi connectivity index (χ0n) is 16.9. The lowest BCUT2D eigenvalue weighted by Gasteiger charge is -2.43. The molecule has 2 fully saturated rings. The highest BCUT2D eigenvalue weighted by atomic mass is 28.4. The minimum atomic E-state index is -2.54. The van der Waals surface area contributed by atoms with Crippen LogP contribution in [0.3, 0.4) is 0 Å². The van der Waals surface area contributed by atoms with E-state index in [2.05, 4.69) is 81.4 Å². The summed E-state index contributed by atoms with van der Waals surface area (Å²) in [7, 11) is -2.54. The van der Waals surface area contributed by atoms with Crippen LogP contribution in [0.25, 0.3) is 0 Å². The molecule has 0 amide bonds. The maximum absolute atomic E-state index is 9.66. The molecule has 4 atom stereocenters. The highest BCUT2D eigenvalue weighted by Crippen LogP contribution is 2.38. The highest BCUT2D eigenvalue weighted by Gasteiger charge is 2.51. The van der Waals surface area contributed by atoms with Gasteiger partial charge in [0.2, 0.25) is 0 Å². The van der Waals surface area contributed by atoms with E-state index in [0.717, 1.165) is 6.42 Å². The monoisotopic (exact) mass is 398 g/mol. The number of fused-ring (bicyclic) bond motifs is 1. The molecule has 2 heterocycles. The SMILES string of the molecule is CC(C)(C)[Si](OC[C@@H]1C[C@@H]2OC(O)C[C@@H]2O1)(c1ccccc1)c1ccccc1. The molecule has 2 aliphatic rings. The van der Waals surface area contributed by atoms with Gasteiger partial charge in [-0.25, -0.2) is 0 Å². The standard InChI is InChI=1S/C23H30O4Si/c1-23(2,3)28(18-10-6-4-7-11-18,19-12-8-5-9-13-19)25-16-17-14-20-21(26-17)15-22(24)27-20/h4-13,17,20-22,24H,14-16H2,1-3H3/t17-,20-,21-,22?/m0/s1. The molecule has 4 rings (SSSR count). The van der Waals surface area contributed by atoms with Gasteiger partial charge in [-0.15, -0.1) is 0 Å². The van der Waals surface area contributed by atoms with Crippen molar-refractivity contribution in [1.29, 1.82) is 0 Å². The van der Waals surface area contributed by atoms with Crippen molar-refractivity contribution in [3.8, 4) is 0 Å². The molecule has 5 heteroatoms. The summed E-state index contributed by atoms with van der Waals surface area (Å²) in [6, 6.07) is 21.3. The smallest absolute Gasteiger partial charge is 0.261 e. The van der Waals surface area contributed by atoms with E-state index in [4.69, 9.17) is 13.9 Å². The Morgan fingerprint density at radius 2 is 1.43 bits per heavy atom. The van der Waals surface area contributed by atoms with Gasteiger partial charge >= 0.3 is 0 Å². The van der Waals surface area contributed by atoms with Crippen molar-refractivity contribution in [1.82, 2.24) is 0 Å². The average Bonchev–Trinajstić information content (AvgIpc) is 3.20. The number of aliphatic hydroxyl groups is 1. The predicted molar refractivity (Wildman–Crippen MR) is 112 cm³/mol. The van der Waals surface area contributed by atoms with Gasteiger partial charge in [0, 0.05) is 12.8 Å². The fraction of sp³-hybridized carbons (Fsp3) is 0.478. The third-order valence-electron chi connectivity index (χ3n) is 5.95. The largest absolute Gasteiger partial charge is 0.405 e. The quantitative estimate of drug-likeness (QED) is 0.787. The first kappa shape index (κ1) is 19.8. The third-order valence-corrected chi connectivity index (χ3v) is 11.0. The Kier molecular flexibility index (Phi) is 5.46. The molecule has 2 aromatic carbocycles. The topological polar surface area (TPSA) is 47.9 Å². The van der Waals surface area contributed by atoms with Gasteiger partial charge < -0.3 is 19.0 Å². The second kappa shape index (κ2) is 7.73. The third kappa shape index (κ3) is 3.58. The predicted octanol–water partition coefficient (Wildman–Crippen LogP) is 2.83. The summed E-state index contributed by atoms with van der Waals surface area (Å²) in [6.07, 6.45) is 0.628. The highest BCUT2D eigenvalue weighted by molar-refractivity contribution is 6.99. The van der Waals surface area contributed by atoms with Gasteiger partial charge in [-0.2, -0.15) is 0 Å². The zero-order chi connectivity index (χ0) is 19.8. The molecule has 28 heavy (non-hydrogen) atoms. The first-order valence-corrected chi connectivity index (χ1v) is 12.0. The number of ether oxygens (including phenoxy) is 2. The number of hydrogen-bond donors (Lipinski definition) is 1. The van der Waals surface area contributed by atoms with Crippen molar-refractivity contribution >= 4 is 18.7 Å². The zero-order valence-corrected chi connectivity index (χ0v) is 17.9. The van der Waals surface area contributed by atoms with Crippen LogP contribution in [0.15, 0.2) is 60.7 Å². The molecule has 0 aliphatic carbocycles. The van der Waals surface area contributed by atoms with E-state index in [0.29, 0.717) is 13.0 Å². The van der Waals surface area contributed by atoms with E-state index in [9.17, 15) is 5.11 Å². The molecule has 1 N–H and O–H groups in total. The summed E-state index contributed by atoms with van der Waals surface area (Å²) in [4.78, 5) is 0. The molecule has 0 aromatic heterocycles. The fourth-order valence-corrected chi connectivity index (χ4v) is 9.29. The van der Waals surface area contributed by atoms with Crippen LogP contribution in [0, 0.1) is 0 Å². The normalized spacial score (nSPS) is 27.7. The van der Waals surface area contributed by atoms with E-state index < -0.39 is 14.6 Å². The molecule has 0 bridgehead atoms. The molecule has 0 spiro atoms. The number of rotatable bonds is 5. The van der Waals surface area contributed by atoms with Crippen LogP contribution >= 0.6 is 0 Å². The van der Waals surface area contributed by atoms with Crippen molar-refractivity contribution in [2.45, 2.75) is 63.3 Å². The molecule has 1 unspecified atom stereocenters. The maximum Gasteiger partial charge on any atom is 0.261 e. The van der Waals surface area contributed by atoms with Crippen LogP contribution in [0.5, 0.6) is 0 Å². The van der Waals surface area contributed by atoms with E-state index in [1.165, 1.54) is 10.4 Å². The summed E-state index contributed by atoms with van der Waals surface area (Å²) in [5.41, 5.74) is 0. The van der Waals surface area contributed by atoms with Crippen molar-refractivity contribution in [3.63, 3.8) is 0 Å². The average molecular weight is 399 g/mol. The molecular formula is C23H30O4Si. The van der Waals surface area contributed by atoms with Crippen molar-refractivity contribution in [2.24, 2.45) is 0 Å². The Morgan fingerprint density at radius 3 is 1.93 bits per heavy atom. The second-order valence-electron chi connectivity index (χ2n) is 8.87. The Hall–Kier alpha value is -1.50. The van der Waals surface area contributed by atoms with Gasteiger partial charge in [0.1, 0.15) is 0 Å². The van der Waals surface area contributed by atoms with Crippen LogP contribution in [-0.2, 0) is 13.9 Å². The van der Waals surface area contributed by atoms with Crippen LogP contribution in [-0.4, -0.2) is 44.6 Å². The van der Waals surface area contributed by atoms with Gasteiger partial charge in [-0.05, 0) is 15.4 Å². The minimum absolute atomic E-state index is 0.00384. The number of hydrogen-bond acceptors (Lipinski definition) is 4. The summed E-state index contributed by atoms with van der Waals surface area (Å²) >= 11 is 0. The molecule has 2 aliphatic heterocycles. The lowest BCUT2D eigenvalue weighted by atomic mass is 10.1. The van der Waals surface area contributed by atoms with Crippen molar-refractivity contribution < 1.29 is 19.0 Å². The second-order valence-corrected chi connectivity index (χ2v) is 13.2. The summed E-state index contributed by atoms with van der Waals surface area (Å²) in [5, 5.41) is 12.2. The summed E-state index contributed by atoms with van der Waals surface area (Å²) < 4.78 is 18.7. The first-order valence-electron chi connectivity index (χ1n) is 10.1. The Morgan fingerprint density at radius 1 is 0.893 bits per heavy atom. The van der Waals surface area contributed by atoms with E-state index >= 15 is 0 Å². The van der Waals surface area contributed by atoms with Gasteiger partial charge in [-0.1, -0.05) is 81.4 Å². The maximum atomic E-state index is 9.66. The fourth-order valence-electron chi connectivity index (χ4n) is 4.69. The molecule has 0 radical (unpaired) electrons. The van der Waals surface area contributed by atoms with Gasteiger partial charge in [-0.3, -0.25) is 0 Å². The Bertz CT molecular complexity index is 721. The van der Waals surface area contributed by atoms with Crippen molar-refractivity contribution in [3.05, 3.63) is 60.7 Å². The Balaban J connectivity index is 1.64. The molecule has 0 saturated carbocycles. The van der Waals surface area contributed by atoms with Crippen LogP contribution in [0.4, 0.5) is 0 Å². The van der Waals surface area contributed by atoms with Gasteiger partial charge in [0.25, 0.3) is 8.32 Å². The lowest BCUT2D eigenvalue weighted by Crippen LogP contribution is -2.67. The minimum Gasteiger partial charge on any atom is -0.405 e. The number of benzene rings is 2. The van der Waals surface area contributed by atoms with Crippen LogP contribution in [0.2, 0.25) is 5.04 Å². The van der Waals surface area contributed by atoms with E-state index in [1.54, 1.807) is 0 Å². The molecule has 150 valence electrons. The first-order chi connectivity index (χ1) is 13.4. The van der Waals surface area contributed by atoms with Gasteiger partial charge in [0.05, 0.1) is 24.9 Å². The van der Waals surface area contributed by atoms with Crippen LogP contribution < -0.4 is 10.4 Å². The van der Waals surface area contributed by atoms with Gasteiger partial charge in [0.15, 0.2) is 6.29 Å². The molecule has 2 saturated heterocycles. The van der Waals surface area contributed by atoms with Crippen LogP contribution in [0.1, 0.15) is 33.6 Å². The van der Waals surface area contributed by atoms with Crippen molar-refractivity contribution in [2.75, 3.05) is 6.61 Å². The molecule has 2 aromatic rings. The van der Waals surface area contributed by atoms with E-state index in [1.807, 2.05) is 0 Å².